The zero-order valence-corrected chi connectivity index (χ0v) is 28.4. The highest BCUT2D eigenvalue weighted by atomic mass is 32.2. The average molecular weight is 629 g/mol. The summed E-state index contributed by atoms with van der Waals surface area (Å²) >= 11 is 1.49. The summed E-state index contributed by atoms with van der Waals surface area (Å²) in [6.45, 7) is 16.1. The second kappa shape index (κ2) is 11.6. The van der Waals surface area contributed by atoms with Crippen LogP contribution < -0.4 is 0 Å². The van der Waals surface area contributed by atoms with Gasteiger partial charge in [0, 0.05) is 24.5 Å². The number of thioether (sulfide) groups is 1. The Morgan fingerprint density at radius 1 is 0.933 bits per heavy atom. The highest BCUT2D eigenvalue weighted by molar-refractivity contribution is 8.01. The number of hydrogen-bond donors (Lipinski definition) is 1. The van der Waals surface area contributed by atoms with E-state index in [1.165, 1.54) is 23.8 Å². The Bertz CT molecular complexity index is 1530. The number of rotatable bonds is 7. The molecular formula is C37H44N2O5S. The van der Waals surface area contributed by atoms with Crippen molar-refractivity contribution in [3.05, 3.63) is 101 Å². The van der Waals surface area contributed by atoms with Crippen molar-refractivity contribution in [3.8, 4) is 5.75 Å². The molecule has 5 rings (SSSR count). The number of methoxy groups -OCH3 is 1. The molecule has 3 aromatic carbocycles. The molecule has 2 fully saturated rings. The van der Waals surface area contributed by atoms with Crippen molar-refractivity contribution in [1.29, 1.82) is 0 Å². The molecule has 0 aromatic heterocycles. The predicted octanol–water partition coefficient (Wildman–Crippen LogP) is 7.14. The van der Waals surface area contributed by atoms with Crippen LogP contribution in [-0.2, 0) is 29.9 Å². The first kappa shape index (κ1) is 32.8. The van der Waals surface area contributed by atoms with Gasteiger partial charge in [-0.15, -0.1) is 11.8 Å². The minimum Gasteiger partial charge on any atom is -0.507 e. The zero-order valence-electron chi connectivity index (χ0n) is 27.6. The van der Waals surface area contributed by atoms with Crippen LogP contribution in [0.25, 0.3) is 0 Å². The van der Waals surface area contributed by atoms with Crippen molar-refractivity contribution in [2.75, 3.05) is 7.11 Å². The number of aromatic hydroxyl groups is 1. The van der Waals surface area contributed by atoms with Crippen LogP contribution in [0.4, 0.5) is 0 Å². The summed E-state index contributed by atoms with van der Waals surface area (Å²) in [4.78, 5) is 35.0. The summed E-state index contributed by atoms with van der Waals surface area (Å²) in [6, 6.07) is 23.0. The van der Waals surface area contributed by atoms with Gasteiger partial charge < -0.3 is 14.6 Å². The van der Waals surface area contributed by atoms with Crippen LogP contribution in [0.2, 0.25) is 0 Å². The fraction of sp³-hybridized carbons (Fsp3) is 0.432. The Morgan fingerprint density at radius 3 is 1.87 bits per heavy atom. The summed E-state index contributed by atoms with van der Waals surface area (Å²) in [6.07, 6.45) is 0.269. The molecule has 0 saturated carbocycles. The summed E-state index contributed by atoms with van der Waals surface area (Å²) in [5.41, 5.74) is 1.51. The molecular weight excluding hydrogens is 584 g/mol. The number of amides is 1. The molecule has 0 radical (unpaired) electrons. The number of fused-ring (bicyclic) bond motifs is 1. The van der Waals surface area contributed by atoms with Crippen molar-refractivity contribution >= 4 is 29.9 Å². The molecule has 238 valence electrons. The maximum atomic E-state index is 14.8. The normalized spacial score (nSPS) is 22.9. The molecule has 2 aliphatic heterocycles. The summed E-state index contributed by atoms with van der Waals surface area (Å²) < 4.78 is 11.1. The lowest BCUT2D eigenvalue weighted by atomic mass is 9.78. The first-order valence-electron chi connectivity index (χ1n) is 15.3. The van der Waals surface area contributed by atoms with Gasteiger partial charge in [0.05, 0.1) is 4.75 Å². The molecule has 0 aliphatic carbocycles. The van der Waals surface area contributed by atoms with Gasteiger partial charge in [-0.05, 0) is 53.5 Å². The maximum Gasteiger partial charge on any atom is 0.357 e. The Labute approximate surface area is 271 Å². The lowest BCUT2D eigenvalue weighted by Gasteiger charge is -2.47. The molecule has 8 heteroatoms. The van der Waals surface area contributed by atoms with E-state index in [9.17, 15) is 14.7 Å². The number of nitrogens with zero attached hydrogens (tertiary/aromatic N) is 2. The van der Waals surface area contributed by atoms with E-state index in [2.05, 4.69) is 0 Å². The number of phenols is 1. The predicted molar refractivity (Wildman–Crippen MR) is 180 cm³/mol. The van der Waals surface area contributed by atoms with Crippen LogP contribution in [0.3, 0.4) is 0 Å². The van der Waals surface area contributed by atoms with Gasteiger partial charge in [0.25, 0.3) is 5.91 Å². The molecule has 1 amide bonds. The van der Waals surface area contributed by atoms with Crippen molar-refractivity contribution in [2.45, 2.75) is 94.2 Å². The first-order chi connectivity index (χ1) is 21.0. The van der Waals surface area contributed by atoms with Gasteiger partial charge in [0.2, 0.25) is 5.66 Å². The van der Waals surface area contributed by atoms with Crippen molar-refractivity contribution in [3.63, 3.8) is 0 Å². The van der Waals surface area contributed by atoms with E-state index in [1.54, 1.807) is 6.21 Å². The molecule has 2 heterocycles. The highest BCUT2D eigenvalue weighted by Gasteiger charge is 2.74. The number of carbonyl (C=O) groups excluding carboxylic acids is 2. The fourth-order valence-corrected chi connectivity index (χ4v) is 7.93. The number of ether oxygens (including phenoxy) is 2. The fourth-order valence-electron chi connectivity index (χ4n) is 6.22. The maximum absolute atomic E-state index is 14.8. The minimum atomic E-state index is -1.68. The molecule has 45 heavy (non-hydrogen) atoms. The van der Waals surface area contributed by atoms with Gasteiger partial charge in [0.15, 0.2) is 12.2 Å². The second-order valence-electron chi connectivity index (χ2n) is 14.4. The van der Waals surface area contributed by atoms with Crippen molar-refractivity contribution < 1.29 is 24.2 Å². The monoisotopic (exact) mass is 628 g/mol. The third-order valence-corrected chi connectivity index (χ3v) is 10.3. The molecule has 0 spiro atoms. The van der Waals surface area contributed by atoms with Crippen LogP contribution in [0.15, 0.2) is 77.8 Å². The number of benzene rings is 3. The molecule has 7 nitrogen and oxygen atoms in total. The van der Waals surface area contributed by atoms with Crippen LogP contribution in [0, 0.1) is 0 Å². The van der Waals surface area contributed by atoms with E-state index < -0.39 is 34.0 Å². The van der Waals surface area contributed by atoms with Gasteiger partial charge in [-0.1, -0.05) is 102 Å². The molecule has 1 N–H and O–H groups in total. The second-order valence-corrected chi connectivity index (χ2v) is 16.1. The van der Waals surface area contributed by atoms with Gasteiger partial charge in [0.1, 0.15) is 11.1 Å². The van der Waals surface area contributed by atoms with Gasteiger partial charge in [-0.2, -0.15) is 0 Å². The standard InChI is InChI=1S/C37H44N2O5S/c1-34(2,3)26-20-23(21-27(28(26)40)35(4,5)6)22-38-37(36(7,8)45-32-30(43-9)31(41)39(32)37)33(42)44-29(24-16-12-10-13-17-24)25-18-14-11-15-19-25/h10-22,29-30,32,40H,1-9H3/t30-,32-,37+/m1/s1. The average Bonchev–Trinajstić information content (AvgIpc) is 3.18. The van der Waals surface area contributed by atoms with E-state index in [4.69, 9.17) is 14.5 Å². The van der Waals surface area contributed by atoms with E-state index in [0.29, 0.717) is 0 Å². The number of β-lactam (4-membered cyclic amide) rings is 1. The quantitative estimate of drug-likeness (QED) is 0.170. The molecule has 3 atom stereocenters. The topological polar surface area (TPSA) is 88.4 Å². The lowest BCUT2D eigenvalue weighted by molar-refractivity contribution is -0.187. The SMILES string of the molecule is CO[C@@H]1C(=O)N2[C@@H]1SC(C)(C)[C@]2(N=Cc1cc(C(C)(C)C)c(O)c(C(C)(C)C)c1)C(=O)OC(c1ccccc1)c1ccccc1. The molecule has 0 unspecified atom stereocenters. The van der Waals surface area contributed by atoms with Gasteiger partial charge in [-0.25, -0.2) is 4.79 Å². The number of carbonyl (C=O) groups is 2. The van der Waals surface area contributed by atoms with Gasteiger partial charge in [-0.3, -0.25) is 14.7 Å². The largest absolute Gasteiger partial charge is 0.507 e. The Morgan fingerprint density at radius 2 is 1.42 bits per heavy atom. The summed E-state index contributed by atoms with van der Waals surface area (Å²) in [5.74, 6) is -0.667. The van der Waals surface area contributed by atoms with Crippen LogP contribution in [0.1, 0.15) is 89.3 Å². The third kappa shape index (κ3) is 5.67. The lowest BCUT2D eigenvalue weighted by Crippen LogP contribution is -2.72. The number of hydrogen-bond acceptors (Lipinski definition) is 7. The van der Waals surface area contributed by atoms with Gasteiger partial charge >= 0.3 is 5.97 Å². The highest BCUT2D eigenvalue weighted by Crippen LogP contribution is 2.58. The number of esters is 1. The van der Waals surface area contributed by atoms with E-state index in [0.717, 1.165) is 27.8 Å². The Balaban J connectivity index is 1.67. The van der Waals surface area contributed by atoms with E-state index in [1.807, 2.05) is 128 Å². The smallest absolute Gasteiger partial charge is 0.357 e. The summed E-state index contributed by atoms with van der Waals surface area (Å²) in [5, 5.41) is 10.9. The van der Waals surface area contributed by atoms with E-state index in [-0.39, 0.29) is 22.5 Å². The number of aliphatic imine (C=N–C) groups is 1. The van der Waals surface area contributed by atoms with Crippen LogP contribution >= 0.6 is 11.8 Å². The van der Waals surface area contributed by atoms with E-state index >= 15 is 0 Å². The van der Waals surface area contributed by atoms with Crippen LogP contribution in [-0.4, -0.2) is 57.1 Å². The molecule has 2 saturated heterocycles. The minimum absolute atomic E-state index is 0.257. The Kier molecular flexibility index (Phi) is 8.47. The zero-order chi connectivity index (χ0) is 32.9. The van der Waals surface area contributed by atoms with Crippen LogP contribution in [0.5, 0.6) is 5.75 Å². The molecule has 2 aliphatic rings. The van der Waals surface area contributed by atoms with Crippen molar-refractivity contribution in [2.24, 2.45) is 4.99 Å². The summed E-state index contributed by atoms with van der Waals surface area (Å²) in [7, 11) is 1.51. The number of phenolic OH excluding ortho intramolecular Hbond substituents is 1. The first-order valence-corrected chi connectivity index (χ1v) is 16.2. The Hall–Kier alpha value is -3.62. The third-order valence-electron chi connectivity index (χ3n) is 8.71. The van der Waals surface area contributed by atoms with Crippen molar-refractivity contribution in [1.82, 2.24) is 4.90 Å². The molecule has 3 aromatic rings. The molecule has 0 bridgehead atoms.